The van der Waals surface area contributed by atoms with Gasteiger partial charge in [-0.1, -0.05) is 0 Å². The van der Waals surface area contributed by atoms with Gasteiger partial charge in [0.05, 0.1) is 10.2 Å². The van der Waals surface area contributed by atoms with Crippen LogP contribution in [0.4, 0.5) is 0 Å². The first kappa shape index (κ1) is 9.15. The summed E-state index contributed by atoms with van der Waals surface area (Å²) in [6, 6.07) is 4.00. The lowest BCUT2D eigenvalue weighted by Crippen LogP contribution is -2.21. The van der Waals surface area contributed by atoms with Crippen molar-refractivity contribution in [3.05, 3.63) is 29.3 Å². The number of aromatic nitrogens is 1. The largest absolute Gasteiger partial charge is 0.363 e. The molecule has 1 N–H and O–H groups in total. The topological polar surface area (TPSA) is 40.0 Å². The Kier molecular flexibility index (Phi) is 2.21. The minimum Gasteiger partial charge on any atom is -0.363 e. The number of amidine groups is 1. The average Bonchev–Trinajstić information content (AvgIpc) is 2.62. The first-order chi connectivity index (χ1) is 6.68. The fraction of sp³-hybridized carbons (Fsp3) is 0.200. The molecule has 3 nitrogen and oxygen atoms in total. The minimum atomic E-state index is 0.493. The van der Waals surface area contributed by atoms with Gasteiger partial charge in [0.25, 0.3) is 0 Å². The lowest BCUT2D eigenvalue weighted by Gasteiger charge is -2.12. The van der Waals surface area contributed by atoms with Crippen LogP contribution in [0.5, 0.6) is 0 Å². The van der Waals surface area contributed by atoms with Crippen LogP contribution in [0.3, 0.4) is 0 Å². The Bertz CT molecular complexity index is 473. The quantitative estimate of drug-likeness (QED) is 0.572. The Morgan fingerprint density at radius 1 is 1.50 bits per heavy atom. The Morgan fingerprint density at radius 3 is 3.00 bits per heavy atom. The van der Waals surface area contributed by atoms with Gasteiger partial charge in [-0.05, 0) is 17.5 Å². The van der Waals surface area contributed by atoms with Crippen molar-refractivity contribution in [1.29, 1.82) is 5.41 Å². The van der Waals surface area contributed by atoms with Crippen molar-refractivity contribution < 1.29 is 0 Å². The lowest BCUT2D eigenvalue weighted by molar-refractivity contribution is 0.619. The van der Waals surface area contributed by atoms with Crippen LogP contribution >= 0.6 is 11.3 Å². The van der Waals surface area contributed by atoms with Crippen LogP contribution in [0.1, 0.15) is 5.56 Å². The summed E-state index contributed by atoms with van der Waals surface area (Å²) in [6.07, 6.45) is 1.75. The van der Waals surface area contributed by atoms with E-state index in [0.29, 0.717) is 5.84 Å². The number of hydrogen-bond donors (Lipinski definition) is 1. The summed E-state index contributed by atoms with van der Waals surface area (Å²) >= 11 is 1.65. The Morgan fingerprint density at radius 2 is 2.29 bits per heavy atom. The third kappa shape index (κ3) is 1.48. The lowest BCUT2D eigenvalue weighted by atomic mass is 10.2. The van der Waals surface area contributed by atoms with Crippen molar-refractivity contribution in [3.63, 3.8) is 0 Å². The zero-order valence-electron chi connectivity index (χ0n) is 8.11. The number of thiophene rings is 1. The predicted octanol–water partition coefficient (Wildman–Crippen LogP) is 2.18. The van der Waals surface area contributed by atoms with Crippen LogP contribution in [0, 0.1) is 5.41 Å². The second kappa shape index (κ2) is 3.38. The summed E-state index contributed by atoms with van der Waals surface area (Å²) in [4.78, 5) is 6.06. The van der Waals surface area contributed by atoms with Gasteiger partial charge in [0, 0.05) is 25.9 Å². The van der Waals surface area contributed by atoms with Crippen LogP contribution in [0.15, 0.2) is 23.7 Å². The molecule has 0 fully saturated rings. The van der Waals surface area contributed by atoms with Crippen LogP contribution in [-0.2, 0) is 0 Å². The molecular formula is C10H11N3S. The van der Waals surface area contributed by atoms with Crippen molar-refractivity contribution in [2.24, 2.45) is 0 Å². The summed E-state index contributed by atoms with van der Waals surface area (Å²) in [7, 11) is 3.72. The summed E-state index contributed by atoms with van der Waals surface area (Å²) in [5.74, 6) is 0.493. The van der Waals surface area contributed by atoms with Crippen molar-refractivity contribution in [2.45, 2.75) is 0 Å². The first-order valence-corrected chi connectivity index (χ1v) is 5.16. The molecule has 0 saturated carbocycles. The van der Waals surface area contributed by atoms with Gasteiger partial charge in [-0.3, -0.25) is 10.4 Å². The van der Waals surface area contributed by atoms with Crippen LogP contribution in [0.2, 0.25) is 0 Å². The highest BCUT2D eigenvalue weighted by molar-refractivity contribution is 7.17. The van der Waals surface area contributed by atoms with E-state index in [1.54, 1.807) is 22.4 Å². The van der Waals surface area contributed by atoms with E-state index < -0.39 is 0 Å². The maximum absolute atomic E-state index is 7.80. The van der Waals surface area contributed by atoms with Gasteiger partial charge in [-0.2, -0.15) is 0 Å². The molecule has 0 aliphatic heterocycles. The van der Waals surface area contributed by atoms with E-state index in [-0.39, 0.29) is 0 Å². The second-order valence-corrected chi connectivity index (χ2v) is 4.22. The zero-order valence-corrected chi connectivity index (χ0v) is 8.93. The molecular weight excluding hydrogens is 194 g/mol. The van der Waals surface area contributed by atoms with Crippen molar-refractivity contribution in [1.82, 2.24) is 9.88 Å². The van der Waals surface area contributed by atoms with Crippen LogP contribution in [-0.4, -0.2) is 29.8 Å². The molecule has 2 aromatic heterocycles. The molecule has 0 bridgehead atoms. The first-order valence-electron chi connectivity index (χ1n) is 4.28. The molecule has 0 radical (unpaired) electrons. The summed E-state index contributed by atoms with van der Waals surface area (Å²) in [5.41, 5.74) is 1.87. The number of pyridine rings is 1. The maximum atomic E-state index is 7.80. The smallest absolute Gasteiger partial charge is 0.129 e. The Labute approximate surface area is 86.5 Å². The second-order valence-electron chi connectivity index (χ2n) is 3.27. The molecule has 0 aliphatic carbocycles. The number of fused-ring (bicyclic) bond motifs is 1. The minimum absolute atomic E-state index is 0.493. The SMILES string of the molecule is CN(C)C(=N)c1cnc2ccsc2c1. The van der Waals surface area contributed by atoms with E-state index in [1.165, 1.54) is 0 Å². The molecule has 2 rings (SSSR count). The third-order valence-electron chi connectivity index (χ3n) is 2.02. The summed E-state index contributed by atoms with van der Waals surface area (Å²) < 4.78 is 1.13. The number of rotatable bonds is 1. The highest BCUT2D eigenvalue weighted by Gasteiger charge is 2.05. The summed E-state index contributed by atoms with van der Waals surface area (Å²) in [5, 5.41) is 9.82. The Balaban J connectivity index is 2.48. The van der Waals surface area contributed by atoms with Crippen molar-refractivity contribution in [3.8, 4) is 0 Å². The average molecular weight is 205 g/mol. The van der Waals surface area contributed by atoms with Crippen LogP contribution in [0.25, 0.3) is 10.2 Å². The summed E-state index contributed by atoms with van der Waals surface area (Å²) in [6.45, 7) is 0. The molecule has 0 aliphatic rings. The zero-order chi connectivity index (χ0) is 10.1. The van der Waals surface area contributed by atoms with E-state index in [2.05, 4.69) is 4.98 Å². The molecule has 14 heavy (non-hydrogen) atoms. The Hall–Kier alpha value is -1.42. The highest BCUT2D eigenvalue weighted by atomic mass is 32.1. The number of hydrogen-bond acceptors (Lipinski definition) is 3. The fourth-order valence-corrected chi connectivity index (χ4v) is 2.01. The molecule has 0 unspecified atom stereocenters. The molecule has 2 aromatic rings. The van der Waals surface area contributed by atoms with Crippen molar-refractivity contribution >= 4 is 27.4 Å². The fourth-order valence-electron chi connectivity index (χ4n) is 1.23. The van der Waals surface area contributed by atoms with Gasteiger partial charge in [-0.25, -0.2) is 0 Å². The third-order valence-corrected chi connectivity index (χ3v) is 2.88. The molecule has 2 heterocycles. The molecule has 0 aromatic carbocycles. The molecule has 72 valence electrons. The van der Waals surface area contributed by atoms with E-state index in [1.807, 2.05) is 31.6 Å². The van der Waals surface area contributed by atoms with E-state index in [0.717, 1.165) is 15.8 Å². The van der Waals surface area contributed by atoms with Gasteiger partial charge in [0.1, 0.15) is 5.84 Å². The molecule has 0 atom stereocenters. The van der Waals surface area contributed by atoms with Crippen LogP contribution < -0.4 is 0 Å². The van der Waals surface area contributed by atoms with E-state index >= 15 is 0 Å². The van der Waals surface area contributed by atoms with Gasteiger partial charge in [-0.15, -0.1) is 11.3 Å². The maximum Gasteiger partial charge on any atom is 0.129 e. The highest BCUT2D eigenvalue weighted by Crippen LogP contribution is 2.19. The van der Waals surface area contributed by atoms with Gasteiger partial charge in [0.15, 0.2) is 0 Å². The van der Waals surface area contributed by atoms with E-state index in [9.17, 15) is 0 Å². The monoisotopic (exact) mass is 205 g/mol. The number of nitrogens with one attached hydrogen (secondary N) is 1. The van der Waals surface area contributed by atoms with Gasteiger partial charge < -0.3 is 4.90 Å². The predicted molar refractivity (Wildman–Crippen MR) is 60.1 cm³/mol. The molecule has 0 saturated heterocycles. The van der Waals surface area contributed by atoms with Crippen molar-refractivity contribution in [2.75, 3.05) is 14.1 Å². The van der Waals surface area contributed by atoms with Gasteiger partial charge in [0.2, 0.25) is 0 Å². The van der Waals surface area contributed by atoms with E-state index in [4.69, 9.17) is 5.41 Å². The number of nitrogens with zero attached hydrogens (tertiary/aromatic N) is 2. The molecule has 4 heteroatoms. The normalized spacial score (nSPS) is 10.4. The van der Waals surface area contributed by atoms with Gasteiger partial charge >= 0.3 is 0 Å². The molecule has 0 spiro atoms. The standard InChI is InChI=1S/C10H11N3S/c1-13(2)10(11)7-5-9-8(12-6-7)3-4-14-9/h3-6,11H,1-2H3. The molecule has 0 amide bonds.